The summed E-state index contributed by atoms with van der Waals surface area (Å²) in [6.45, 7) is 1.85. The number of nitrogens with one attached hydrogen (secondary N) is 2. The molecule has 7 nitrogen and oxygen atoms in total. The Hall–Kier alpha value is -3.35. The molecule has 2 aliphatic carbocycles. The summed E-state index contributed by atoms with van der Waals surface area (Å²) in [5.74, 6) is 0.834. The molecule has 2 aromatic carbocycles. The lowest BCUT2D eigenvalue weighted by atomic mass is 9.80. The standard InChI is InChI=1S/C31H40N2O5/c34-29(27-15-11-24(12-16-27)20-33-31(36)38-22-26-9-5-2-6-10-26)32-19-23-13-17-28(18-14-23)30(35)37-21-25-7-3-1-4-8-25/h1-10,23-24,27-28H,11-22H2,(H,32,34)(H,33,36). The zero-order valence-electron chi connectivity index (χ0n) is 22.1. The lowest BCUT2D eigenvalue weighted by Gasteiger charge is -2.30. The third-order valence-corrected chi connectivity index (χ3v) is 7.93. The van der Waals surface area contributed by atoms with Gasteiger partial charge in [0.25, 0.3) is 0 Å². The molecule has 0 aromatic heterocycles. The maximum atomic E-state index is 12.8. The highest BCUT2D eigenvalue weighted by molar-refractivity contribution is 5.78. The zero-order chi connectivity index (χ0) is 26.6. The van der Waals surface area contributed by atoms with Crippen molar-refractivity contribution in [1.82, 2.24) is 10.6 Å². The van der Waals surface area contributed by atoms with Gasteiger partial charge in [0.1, 0.15) is 13.2 Å². The second-order valence-corrected chi connectivity index (χ2v) is 10.7. The number of esters is 1. The lowest BCUT2D eigenvalue weighted by Crippen LogP contribution is -2.38. The minimum absolute atomic E-state index is 0.0369. The molecule has 7 heteroatoms. The summed E-state index contributed by atoms with van der Waals surface area (Å²) in [6, 6.07) is 19.4. The van der Waals surface area contributed by atoms with Crippen molar-refractivity contribution in [2.24, 2.45) is 23.7 Å². The first kappa shape index (κ1) is 27.7. The number of benzene rings is 2. The molecular weight excluding hydrogens is 480 g/mol. The van der Waals surface area contributed by atoms with Crippen molar-refractivity contribution < 1.29 is 23.9 Å². The predicted octanol–water partition coefficient (Wildman–Crippen LogP) is 5.39. The first-order valence-electron chi connectivity index (χ1n) is 14.0. The molecular formula is C31H40N2O5. The van der Waals surface area contributed by atoms with Crippen LogP contribution < -0.4 is 10.6 Å². The molecule has 0 aliphatic heterocycles. The van der Waals surface area contributed by atoms with Crippen LogP contribution >= 0.6 is 0 Å². The fourth-order valence-electron chi connectivity index (χ4n) is 5.47. The van der Waals surface area contributed by atoms with Crippen LogP contribution in [0.5, 0.6) is 0 Å². The fourth-order valence-corrected chi connectivity index (χ4v) is 5.47. The number of hydrogen-bond donors (Lipinski definition) is 2. The van der Waals surface area contributed by atoms with Crippen LogP contribution in [0.15, 0.2) is 60.7 Å². The normalized spacial score (nSPS) is 23.2. The van der Waals surface area contributed by atoms with Crippen molar-refractivity contribution in [3.05, 3.63) is 71.8 Å². The van der Waals surface area contributed by atoms with E-state index in [-0.39, 0.29) is 30.3 Å². The highest BCUT2D eigenvalue weighted by Crippen LogP contribution is 2.31. The van der Waals surface area contributed by atoms with Crippen molar-refractivity contribution >= 4 is 18.0 Å². The van der Waals surface area contributed by atoms with Gasteiger partial charge in [0.05, 0.1) is 5.92 Å². The summed E-state index contributed by atoms with van der Waals surface area (Å²) < 4.78 is 10.8. The van der Waals surface area contributed by atoms with Crippen LogP contribution in [-0.4, -0.2) is 31.1 Å². The molecule has 0 unspecified atom stereocenters. The average molecular weight is 521 g/mol. The third kappa shape index (κ3) is 8.89. The molecule has 2 aromatic rings. The summed E-state index contributed by atoms with van der Waals surface area (Å²) in [5.41, 5.74) is 1.97. The first-order valence-corrected chi connectivity index (χ1v) is 14.0. The summed E-state index contributed by atoms with van der Waals surface area (Å²) >= 11 is 0. The number of hydrogen-bond acceptors (Lipinski definition) is 5. The number of carbonyl (C=O) groups excluding carboxylic acids is 3. The zero-order valence-corrected chi connectivity index (χ0v) is 22.1. The van der Waals surface area contributed by atoms with Gasteiger partial charge >= 0.3 is 12.1 Å². The van der Waals surface area contributed by atoms with Gasteiger partial charge < -0.3 is 20.1 Å². The van der Waals surface area contributed by atoms with E-state index in [1.807, 2.05) is 60.7 Å². The quantitative estimate of drug-likeness (QED) is 0.410. The van der Waals surface area contributed by atoms with Crippen molar-refractivity contribution in [3.8, 4) is 0 Å². The van der Waals surface area contributed by atoms with Gasteiger partial charge in [-0.05, 0) is 74.3 Å². The van der Waals surface area contributed by atoms with Gasteiger partial charge in [0, 0.05) is 19.0 Å². The Labute approximate surface area is 225 Å². The molecule has 0 saturated heterocycles. The van der Waals surface area contributed by atoms with Crippen LogP contribution in [0.4, 0.5) is 4.79 Å². The van der Waals surface area contributed by atoms with Crippen LogP contribution in [0.25, 0.3) is 0 Å². The molecule has 2 saturated carbocycles. The second kappa shape index (κ2) is 14.6. The molecule has 0 radical (unpaired) electrons. The van der Waals surface area contributed by atoms with Gasteiger partial charge in [-0.25, -0.2) is 4.79 Å². The van der Waals surface area contributed by atoms with E-state index in [0.717, 1.165) is 62.5 Å². The van der Waals surface area contributed by atoms with E-state index in [9.17, 15) is 14.4 Å². The molecule has 0 atom stereocenters. The van der Waals surface area contributed by atoms with Crippen LogP contribution in [0.2, 0.25) is 0 Å². The van der Waals surface area contributed by atoms with Crippen LogP contribution in [0.3, 0.4) is 0 Å². The van der Waals surface area contributed by atoms with Crippen LogP contribution in [-0.2, 0) is 32.3 Å². The summed E-state index contributed by atoms with van der Waals surface area (Å²) in [7, 11) is 0. The van der Waals surface area contributed by atoms with E-state index in [0.29, 0.717) is 31.5 Å². The van der Waals surface area contributed by atoms with E-state index < -0.39 is 6.09 Å². The average Bonchev–Trinajstić information content (AvgIpc) is 2.98. The number of amides is 2. The Morgan fingerprint density at radius 3 is 1.63 bits per heavy atom. The Balaban J connectivity index is 1.05. The number of alkyl carbamates (subject to hydrolysis) is 1. The van der Waals surface area contributed by atoms with Gasteiger partial charge in [0.15, 0.2) is 0 Å². The minimum atomic E-state index is -0.395. The molecule has 4 rings (SSSR count). The van der Waals surface area contributed by atoms with Gasteiger partial charge in [-0.15, -0.1) is 0 Å². The number of ether oxygens (including phenoxy) is 2. The smallest absolute Gasteiger partial charge is 0.407 e. The van der Waals surface area contributed by atoms with Crippen LogP contribution in [0.1, 0.15) is 62.5 Å². The van der Waals surface area contributed by atoms with Gasteiger partial charge in [0.2, 0.25) is 5.91 Å². The SMILES string of the molecule is O=C(NCC1CCC(C(=O)NCC2CCC(C(=O)OCc3ccccc3)CC2)CC1)OCc1ccccc1. The largest absolute Gasteiger partial charge is 0.461 e. The summed E-state index contributed by atoms with van der Waals surface area (Å²) in [5, 5.41) is 6.03. The maximum absolute atomic E-state index is 12.8. The Morgan fingerprint density at radius 1 is 0.605 bits per heavy atom. The summed E-state index contributed by atoms with van der Waals surface area (Å²) in [6.07, 6.45) is 6.65. The molecule has 0 spiro atoms. The number of carbonyl (C=O) groups is 3. The molecule has 38 heavy (non-hydrogen) atoms. The van der Waals surface area contributed by atoms with E-state index >= 15 is 0 Å². The van der Waals surface area contributed by atoms with E-state index in [1.165, 1.54) is 0 Å². The molecule has 2 fully saturated rings. The highest BCUT2D eigenvalue weighted by Gasteiger charge is 2.30. The molecule has 2 aliphatic rings. The second-order valence-electron chi connectivity index (χ2n) is 10.7. The number of rotatable bonds is 10. The topological polar surface area (TPSA) is 93.7 Å². The molecule has 0 bridgehead atoms. The van der Waals surface area contributed by atoms with Crippen molar-refractivity contribution in [1.29, 1.82) is 0 Å². The lowest BCUT2D eigenvalue weighted by molar-refractivity contribution is -0.151. The maximum Gasteiger partial charge on any atom is 0.407 e. The van der Waals surface area contributed by atoms with Gasteiger partial charge in [-0.3, -0.25) is 9.59 Å². The molecule has 204 valence electrons. The monoisotopic (exact) mass is 520 g/mol. The van der Waals surface area contributed by atoms with E-state index in [2.05, 4.69) is 10.6 Å². The third-order valence-electron chi connectivity index (χ3n) is 7.93. The Morgan fingerprint density at radius 2 is 1.08 bits per heavy atom. The molecule has 2 N–H and O–H groups in total. The highest BCUT2D eigenvalue weighted by atomic mass is 16.5. The van der Waals surface area contributed by atoms with E-state index in [1.54, 1.807) is 0 Å². The molecule has 2 amide bonds. The Kier molecular flexibility index (Phi) is 10.6. The predicted molar refractivity (Wildman–Crippen MR) is 145 cm³/mol. The van der Waals surface area contributed by atoms with Gasteiger partial charge in [-0.2, -0.15) is 0 Å². The van der Waals surface area contributed by atoms with Gasteiger partial charge in [-0.1, -0.05) is 60.7 Å². The van der Waals surface area contributed by atoms with Crippen molar-refractivity contribution in [3.63, 3.8) is 0 Å². The van der Waals surface area contributed by atoms with Crippen LogP contribution in [0, 0.1) is 23.7 Å². The Bertz CT molecular complexity index is 1010. The minimum Gasteiger partial charge on any atom is -0.461 e. The van der Waals surface area contributed by atoms with Crippen molar-refractivity contribution in [2.45, 2.75) is 64.6 Å². The first-order chi connectivity index (χ1) is 18.6. The fraction of sp³-hybridized carbons (Fsp3) is 0.516. The molecule has 0 heterocycles. The van der Waals surface area contributed by atoms with E-state index in [4.69, 9.17) is 9.47 Å². The van der Waals surface area contributed by atoms with Crippen molar-refractivity contribution in [2.75, 3.05) is 13.1 Å². The summed E-state index contributed by atoms with van der Waals surface area (Å²) in [4.78, 5) is 37.2.